The molecule has 2 saturated carbocycles. The summed E-state index contributed by atoms with van der Waals surface area (Å²) in [6.07, 6.45) is 12.8. The van der Waals surface area contributed by atoms with E-state index in [1.165, 1.54) is 31.1 Å². The van der Waals surface area contributed by atoms with Crippen LogP contribution in [-0.2, 0) is 14.3 Å². The Kier molecular flexibility index (Phi) is 6.93. The number of hydrogen-bond acceptors (Lipinski definition) is 4. The van der Waals surface area contributed by atoms with Crippen molar-refractivity contribution in [2.24, 2.45) is 16.3 Å². The van der Waals surface area contributed by atoms with E-state index >= 15 is 0 Å². The van der Waals surface area contributed by atoms with Gasteiger partial charge in [0.05, 0.1) is 7.11 Å². The first-order chi connectivity index (χ1) is 17.6. The maximum absolute atomic E-state index is 14.1. The van der Waals surface area contributed by atoms with Crippen molar-refractivity contribution in [3.63, 3.8) is 0 Å². The van der Waals surface area contributed by atoms with Gasteiger partial charge in [0.25, 0.3) is 5.91 Å². The number of aliphatic imine (C=N–C) groups is 1. The highest BCUT2D eigenvalue weighted by Gasteiger charge is 2.51. The zero-order valence-corrected chi connectivity index (χ0v) is 23.2. The zero-order valence-electron chi connectivity index (χ0n) is 23.2. The van der Waals surface area contributed by atoms with Crippen molar-refractivity contribution < 1.29 is 14.3 Å². The van der Waals surface area contributed by atoms with E-state index in [1.807, 2.05) is 6.08 Å². The molecule has 3 aliphatic carbocycles. The SMILES string of the molecule is COC(=O)C1=CC=C(CC(C)N2C(=O)C(c3cccc(C4CC4)c3)=NC23CCC(C(C)(C)C)CC3)CC1. The Morgan fingerprint density at radius 1 is 1.14 bits per heavy atom. The summed E-state index contributed by atoms with van der Waals surface area (Å²) >= 11 is 0. The average Bonchev–Trinajstić information content (AvgIpc) is 3.69. The van der Waals surface area contributed by atoms with E-state index in [-0.39, 0.29) is 23.3 Å². The molecule has 0 N–H and O–H groups in total. The van der Waals surface area contributed by atoms with Gasteiger partial charge in [-0.15, -0.1) is 0 Å². The molecule has 5 rings (SSSR count). The minimum Gasteiger partial charge on any atom is -0.466 e. The summed E-state index contributed by atoms with van der Waals surface area (Å²) in [7, 11) is 1.43. The van der Waals surface area contributed by atoms with E-state index in [9.17, 15) is 9.59 Å². The number of carbonyl (C=O) groups is 2. The molecule has 5 nitrogen and oxygen atoms in total. The lowest BCUT2D eigenvalue weighted by Crippen LogP contribution is -2.53. The Morgan fingerprint density at radius 3 is 2.46 bits per heavy atom. The number of allylic oxidation sites excluding steroid dienone is 2. The van der Waals surface area contributed by atoms with E-state index in [4.69, 9.17) is 9.73 Å². The van der Waals surface area contributed by atoms with Crippen molar-refractivity contribution in [2.45, 2.75) is 103 Å². The number of ether oxygens (including phenoxy) is 1. The number of rotatable bonds is 6. The Balaban J connectivity index is 1.42. The van der Waals surface area contributed by atoms with Crippen LogP contribution in [0.5, 0.6) is 0 Å². The highest BCUT2D eigenvalue weighted by atomic mass is 16.5. The van der Waals surface area contributed by atoms with Gasteiger partial charge in [-0.05, 0) is 93.6 Å². The number of amides is 1. The molecule has 198 valence electrons. The summed E-state index contributed by atoms with van der Waals surface area (Å²) in [5.41, 5.74) is 4.77. The number of carbonyl (C=O) groups excluding carboxylic acids is 2. The van der Waals surface area contributed by atoms with Gasteiger partial charge in [0.2, 0.25) is 0 Å². The van der Waals surface area contributed by atoms with Crippen molar-refractivity contribution >= 4 is 17.6 Å². The van der Waals surface area contributed by atoms with Crippen LogP contribution in [0.1, 0.15) is 103 Å². The molecule has 1 aliphatic heterocycles. The van der Waals surface area contributed by atoms with Gasteiger partial charge in [0.1, 0.15) is 11.4 Å². The van der Waals surface area contributed by atoms with Crippen LogP contribution in [0.25, 0.3) is 0 Å². The molecule has 4 aliphatic rings. The van der Waals surface area contributed by atoms with Gasteiger partial charge in [-0.25, -0.2) is 4.79 Å². The smallest absolute Gasteiger partial charge is 0.333 e. The Labute approximate surface area is 222 Å². The number of hydrogen-bond donors (Lipinski definition) is 0. The zero-order chi connectivity index (χ0) is 26.4. The molecule has 1 heterocycles. The van der Waals surface area contributed by atoms with E-state index in [1.54, 1.807) is 0 Å². The first-order valence-corrected chi connectivity index (χ1v) is 14.1. The first-order valence-electron chi connectivity index (χ1n) is 14.1. The van der Waals surface area contributed by atoms with Gasteiger partial charge in [0.15, 0.2) is 0 Å². The van der Waals surface area contributed by atoms with Crippen LogP contribution in [0.3, 0.4) is 0 Å². The topological polar surface area (TPSA) is 59.0 Å². The van der Waals surface area contributed by atoms with Gasteiger partial charge in [0, 0.05) is 17.2 Å². The molecule has 1 spiro atoms. The fraction of sp³-hybridized carbons (Fsp3) is 0.594. The lowest BCUT2D eigenvalue weighted by atomic mass is 9.69. The number of methoxy groups -OCH3 is 1. The molecular weight excluding hydrogens is 460 g/mol. The maximum atomic E-state index is 14.1. The summed E-state index contributed by atoms with van der Waals surface area (Å²) < 4.78 is 4.89. The summed E-state index contributed by atoms with van der Waals surface area (Å²) in [6.45, 7) is 9.17. The summed E-state index contributed by atoms with van der Waals surface area (Å²) in [6, 6.07) is 8.59. The Bertz CT molecular complexity index is 1160. The largest absolute Gasteiger partial charge is 0.466 e. The van der Waals surface area contributed by atoms with Crippen LogP contribution in [0.15, 0.2) is 52.6 Å². The van der Waals surface area contributed by atoms with Crippen molar-refractivity contribution in [1.29, 1.82) is 0 Å². The lowest BCUT2D eigenvalue weighted by molar-refractivity contribution is -0.136. The van der Waals surface area contributed by atoms with Gasteiger partial charge < -0.3 is 9.64 Å². The summed E-state index contributed by atoms with van der Waals surface area (Å²) in [5, 5.41) is 0. The maximum Gasteiger partial charge on any atom is 0.333 e. The molecule has 5 heteroatoms. The van der Waals surface area contributed by atoms with Gasteiger partial charge >= 0.3 is 5.97 Å². The standard InChI is InChI=1S/C32H42N2O3/c1-21(19-22-9-11-24(12-10-22)30(36)37-5)34-29(35)28(26-8-6-7-25(20-26)23-13-14-23)33-32(34)17-15-27(16-18-32)31(2,3)4/h6-9,11,20-21,23,27H,10,12-19H2,1-5H3. The second kappa shape index (κ2) is 9.89. The molecule has 2 fully saturated rings. The summed E-state index contributed by atoms with van der Waals surface area (Å²) in [4.78, 5) is 33.5. The number of nitrogens with zero attached hydrogens (tertiary/aromatic N) is 2. The molecule has 1 amide bonds. The van der Waals surface area contributed by atoms with Crippen LogP contribution in [-0.4, -0.2) is 41.3 Å². The summed E-state index contributed by atoms with van der Waals surface area (Å²) in [5.74, 6) is 1.12. The third kappa shape index (κ3) is 5.19. The average molecular weight is 503 g/mol. The highest BCUT2D eigenvalue weighted by Crippen LogP contribution is 2.48. The lowest BCUT2D eigenvalue weighted by Gasteiger charge is -2.47. The number of benzene rings is 1. The highest BCUT2D eigenvalue weighted by molar-refractivity contribution is 6.46. The molecule has 1 atom stereocenters. The second-order valence-corrected chi connectivity index (χ2v) is 12.7. The molecule has 0 aromatic heterocycles. The molecular formula is C32H42N2O3. The molecule has 0 bridgehead atoms. The first kappa shape index (κ1) is 25.9. The van der Waals surface area contributed by atoms with Crippen LogP contribution in [0.4, 0.5) is 0 Å². The van der Waals surface area contributed by atoms with E-state index in [0.29, 0.717) is 29.5 Å². The van der Waals surface area contributed by atoms with Crippen molar-refractivity contribution in [3.05, 3.63) is 58.7 Å². The predicted octanol–water partition coefficient (Wildman–Crippen LogP) is 6.73. The molecule has 0 saturated heterocycles. The molecule has 37 heavy (non-hydrogen) atoms. The van der Waals surface area contributed by atoms with Crippen molar-refractivity contribution in [2.75, 3.05) is 7.11 Å². The fourth-order valence-corrected chi connectivity index (χ4v) is 6.69. The third-order valence-corrected chi connectivity index (χ3v) is 9.09. The van der Waals surface area contributed by atoms with Crippen LogP contribution >= 0.6 is 0 Å². The molecule has 1 unspecified atom stereocenters. The quantitative estimate of drug-likeness (QED) is 0.406. The normalized spacial score (nSPS) is 27.1. The van der Waals surface area contributed by atoms with Crippen molar-refractivity contribution in [3.8, 4) is 0 Å². The number of esters is 1. The van der Waals surface area contributed by atoms with Crippen molar-refractivity contribution in [1.82, 2.24) is 4.90 Å². The van der Waals surface area contributed by atoms with Crippen LogP contribution < -0.4 is 0 Å². The van der Waals surface area contributed by atoms with E-state index in [2.05, 4.69) is 62.9 Å². The molecule has 1 aromatic carbocycles. The van der Waals surface area contributed by atoms with Gasteiger partial charge in [-0.3, -0.25) is 9.79 Å². The Hall–Kier alpha value is -2.69. The third-order valence-electron chi connectivity index (χ3n) is 9.09. The van der Waals surface area contributed by atoms with E-state index < -0.39 is 5.66 Å². The monoisotopic (exact) mass is 502 g/mol. The minimum atomic E-state index is -0.453. The second-order valence-electron chi connectivity index (χ2n) is 12.7. The van der Waals surface area contributed by atoms with Gasteiger partial charge in [-0.1, -0.05) is 56.7 Å². The Morgan fingerprint density at radius 2 is 1.86 bits per heavy atom. The van der Waals surface area contributed by atoms with Crippen LogP contribution in [0.2, 0.25) is 0 Å². The predicted molar refractivity (Wildman–Crippen MR) is 147 cm³/mol. The van der Waals surface area contributed by atoms with Gasteiger partial charge in [-0.2, -0.15) is 0 Å². The van der Waals surface area contributed by atoms with Crippen LogP contribution in [0, 0.1) is 11.3 Å². The minimum absolute atomic E-state index is 0.0332. The molecule has 0 radical (unpaired) electrons. The fourth-order valence-electron chi connectivity index (χ4n) is 6.69. The van der Waals surface area contributed by atoms with E-state index in [0.717, 1.165) is 44.1 Å². The molecule has 1 aromatic rings.